The number of aliphatic hydroxyl groups is 1. The molecule has 10 nitrogen and oxygen atoms in total. The number of hydrogen-bond donors (Lipinski definition) is 3. The number of aryl methyl sites for hydroxylation is 1. The van der Waals surface area contributed by atoms with Gasteiger partial charge in [0.1, 0.15) is 11.6 Å². The molecular weight excluding hydrogens is 580 g/mol. The second-order valence-corrected chi connectivity index (χ2v) is 12.5. The van der Waals surface area contributed by atoms with E-state index in [-0.39, 0.29) is 23.6 Å². The van der Waals surface area contributed by atoms with E-state index < -0.39 is 45.6 Å². The summed E-state index contributed by atoms with van der Waals surface area (Å²) in [7, 11) is -3.87. The van der Waals surface area contributed by atoms with E-state index in [1.165, 1.54) is 18.5 Å². The van der Waals surface area contributed by atoms with Crippen molar-refractivity contribution in [2.75, 3.05) is 5.75 Å². The number of aromatic nitrogens is 2. The van der Waals surface area contributed by atoms with Crippen LogP contribution in [0.2, 0.25) is 0 Å². The Morgan fingerprint density at radius 3 is 2.20 bits per heavy atom. The zero-order valence-electron chi connectivity index (χ0n) is 23.7. The number of nitrogens with zero attached hydrogens (tertiary/aromatic N) is 2. The molecule has 3 atom stereocenters. The van der Waals surface area contributed by atoms with Crippen LogP contribution in [0.4, 0.5) is 0 Å². The van der Waals surface area contributed by atoms with Gasteiger partial charge in [-0.05, 0) is 48.2 Å². The minimum Gasteiger partial charge on any atom is -0.438 e. The van der Waals surface area contributed by atoms with Crippen molar-refractivity contribution in [3.8, 4) is 0 Å². The largest absolute Gasteiger partial charge is 0.438 e. The number of benzene rings is 3. The van der Waals surface area contributed by atoms with Gasteiger partial charge in [-0.15, -0.1) is 0 Å². The minimum absolute atomic E-state index is 0.0113. The van der Waals surface area contributed by atoms with Crippen molar-refractivity contribution in [1.29, 1.82) is 0 Å². The maximum atomic E-state index is 13.8. The number of nitrogens with one attached hydrogen (secondary N) is 2. The highest BCUT2D eigenvalue weighted by Gasteiger charge is 2.33. The summed E-state index contributed by atoms with van der Waals surface area (Å²) in [5.74, 6) is -2.40. The predicted octanol–water partition coefficient (Wildman–Crippen LogP) is 3.79. The van der Waals surface area contributed by atoms with Gasteiger partial charge in [-0.3, -0.25) is 14.6 Å². The molecule has 11 heteroatoms. The summed E-state index contributed by atoms with van der Waals surface area (Å²) in [6.07, 6.45) is 2.22. The van der Waals surface area contributed by atoms with Crippen LogP contribution in [0.25, 0.3) is 11.1 Å². The van der Waals surface area contributed by atoms with Gasteiger partial charge in [0.25, 0.3) is 5.91 Å². The van der Waals surface area contributed by atoms with E-state index in [9.17, 15) is 23.1 Å². The highest BCUT2D eigenvalue weighted by molar-refractivity contribution is 7.90. The Morgan fingerprint density at radius 1 is 0.841 bits per heavy atom. The van der Waals surface area contributed by atoms with Crippen LogP contribution in [0.3, 0.4) is 0 Å². The molecule has 3 N–H and O–H groups in total. The SMILES string of the molecule is O=C(N[C@@H](CS(=O)(=O)Cc1ccccc1)C(=O)N[C@@H](CCc1ccccc1)C(O)c1nc2ccccc2o1)c1cccnc1. The smallest absolute Gasteiger partial charge is 0.253 e. The molecule has 0 fully saturated rings. The van der Waals surface area contributed by atoms with E-state index in [2.05, 4.69) is 20.6 Å². The molecule has 5 aromatic rings. The number of carbonyl (C=O) groups excluding carboxylic acids is 2. The van der Waals surface area contributed by atoms with Crippen molar-refractivity contribution in [3.05, 3.63) is 132 Å². The summed E-state index contributed by atoms with van der Waals surface area (Å²) >= 11 is 0. The van der Waals surface area contributed by atoms with Gasteiger partial charge in [-0.1, -0.05) is 72.8 Å². The Bertz CT molecular complexity index is 1760. The summed E-state index contributed by atoms with van der Waals surface area (Å²) in [6, 6.07) is 25.8. The van der Waals surface area contributed by atoms with Gasteiger partial charge in [0.05, 0.1) is 23.1 Å². The first-order valence-corrected chi connectivity index (χ1v) is 15.9. The molecule has 0 saturated heterocycles. The lowest BCUT2D eigenvalue weighted by atomic mass is 10.0. The summed E-state index contributed by atoms with van der Waals surface area (Å²) in [5, 5.41) is 16.7. The Hall–Kier alpha value is -4.87. The van der Waals surface area contributed by atoms with E-state index in [0.29, 0.717) is 23.1 Å². The molecule has 2 aromatic heterocycles. The summed E-state index contributed by atoms with van der Waals surface area (Å²) in [6.45, 7) is 0. The first kappa shape index (κ1) is 30.6. The molecule has 0 aliphatic carbocycles. The maximum absolute atomic E-state index is 13.8. The molecule has 3 aromatic carbocycles. The topological polar surface area (TPSA) is 151 Å². The Kier molecular flexibility index (Phi) is 9.78. The van der Waals surface area contributed by atoms with Gasteiger partial charge in [0.2, 0.25) is 11.8 Å². The molecule has 1 unspecified atom stereocenters. The van der Waals surface area contributed by atoms with E-state index >= 15 is 0 Å². The van der Waals surface area contributed by atoms with Crippen molar-refractivity contribution in [1.82, 2.24) is 20.6 Å². The molecule has 0 aliphatic rings. The van der Waals surface area contributed by atoms with Crippen molar-refractivity contribution in [2.24, 2.45) is 0 Å². The van der Waals surface area contributed by atoms with Crippen molar-refractivity contribution in [2.45, 2.75) is 36.8 Å². The van der Waals surface area contributed by atoms with Gasteiger partial charge >= 0.3 is 0 Å². The molecule has 2 heterocycles. The zero-order valence-corrected chi connectivity index (χ0v) is 24.6. The lowest BCUT2D eigenvalue weighted by Crippen LogP contribution is -2.53. The maximum Gasteiger partial charge on any atom is 0.253 e. The highest BCUT2D eigenvalue weighted by atomic mass is 32.2. The fourth-order valence-electron chi connectivity index (χ4n) is 4.81. The van der Waals surface area contributed by atoms with E-state index in [4.69, 9.17) is 4.42 Å². The van der Waals surface area contributed by atoms with Gasteiger partial charge in [0.15, 0.2) is 21.5 Å². The van der Waals surface area contributed by atoms with Crippen LogP contribution < -0.4 is 10.6 Å². The number of hydrogen-bond acceptors (Lipinski definition) is 8. The van der Waals surface area contributed by atoms with Crippen molar-refractivity contribution in [3.63, 3.8) is 0 Å². The molecule has 2 amide bonds. The molecule has 0 saturated carbocycles. The second-order valence-electron chi connectivity index (χ2n) is 10.4. The zero-order chi connectivity index (χ0) is 30.9. The molecule has 5 rings (SSSR count). The van der Waals surface area contributed by atoms with Crippen LogP contribution in [0.5, 0.6) is 0 Å². The normalized spacial score (nSPS) is 13.6. The van der Waals surface area contributed by atoms with Crippen molar-refractivity contribution >= 4 is 32.8 Å². The van der Waals surface area contributed by atoms with Crippen LogP contribution in [0.15, 0.2) is 114 Å². The van der Waals surface area contributed by atoms with E-state index in [0.717, 1.165) is 5.56 Å². The van der Waals surface area contributed by atoms with Crippen LogP contribution in [0, 0.1) is 0 Å². The third-order valence-corrected chi connectivity index (χ3v) is 8.67. The number of para-hydroxylation sites is 2. The second kappa shape index (κ2) is 14.1. The minimum atomic E-state index is -3.87. The summed E-state index contributed by atoms with van der Waals surface area (Å²) in [4.78, 5) is 35.2. The number of amides is 2. The lowest BCUT2D eigenvalue weighted by molar-refractivity contribution is -0.124. The monoisotopic (exact) mass is 612 g/mol. The Labute approximate surface area is 255 Å². The number of fused-ring (bicyclic) bond motifs is 1. The summed E-state index contributed by atoms with van der Waals surface area (Å²) < 4.78 is 32.3. The Balaban J connectivity index is 1.40. The van der Waals surface area contributed by atoms with Crippen LogP contribution in [-0.2, 0) is 26.8 Å². The molecule has 0 aliphatic heterocycles. The number of carbonyl (C=O) groups is 2. The lowest BCUT2D eigenvalue weighted by Gasteiger charge is -2.26. The number of sulfone groups is 1. The fraction of sp³-hybridized carbons (Fsp3) is 0.212. The van der Waals surface area contributed by atoms with Crippen molar-refractivity contribution < 1.29 is 27.5 Å². The number of pyridine rings is 1. The fourth-order valence-corrected chi connectivity index (χ4v) is 6.37. The average Bonchev–Trinajstić information content (AvgIpc) is 3.48. The van der Waals surface area contributed by atoms with Gasteiger partial charge in [-0.2, -0.15) is 0 Å². The quantitative estimate of drug-likeness (QED) is 0.182. The third-order valence-electron chi connectivity index (χ3n) is 7.05. The van der Waals surface area contributed by atoms with Crippen LogP contribution >= 0.6 is 0 Å². The third kappa shape index (κ3) is 8.15. The molecule has 0 bridgehead atoms. The molecule has 226 valence electrons. The number of oxazole rings is 1. The van der Waals surface area contributed by atoms with Crippen LogP contribution in [-0.4, -0.2) is 53.1 Å². The van der Waals surface area contributed by atoms with E-state index in [1.807, 2.05) is 30.3 Å². The average molecular weight is 613 g/mol. The number of rotatable bonds is 13. The molecule has 0 spiro atoms. The molecule has 0 radical (unpaired) electrons. The first-order valence-electron chi connectivity index (χ1n) is 14.1. The number of aliphatic hydroxyl groups excluding tert-OH is 1. The molecular formula is C33H32N4O6S. The van der Waals surface area contributed by atoms with Crippen LogP contribution in [0.1, 0.15) is 39.9 Å². The highest BCUT2D eigenvalue weighted by Crippen LogP contribution is 2.24. The predicted molar refractivity (Wildman–Crippen MR) is 165 cm³/mol. The Morgan fingerprint density at radius 2 is 1.52 bits per heavy atom. The van der Waals surface area contributed by atoms with E-state index in [1.54, 1.807) is 60.7 Å². The van der Waals surface area contributed by atoms with Gasteiger partial charge < -0.3 is 20.2 Å². The molecule has 44 heavy (non-hydrogen) atoms. The summed E-state index contributed by atoms with van der Waals surface area (Å²) in [5.41, 5.74) is 2.71. The van der Waals surface area contributed by atoms with Gasteiger partial charge in [0, 0.05) is 12.4 Å². The standard InChI is InChI=1S/C33H32N4O6S/c38-30(33-37-26-15-7-8-16-29(26)43-33)27(18-17-23-10-3-1-4-11-23)35-32(40)28(36-31(39)25-14-9-19-34-20-25)22-44(41,42)21-24-12-5-2-6-13-24/h1-16,19-20,27-28,30,38H,17-18,21-22H2,(H,35,40)(H,36,39)/t27-,28-,30?/m0/s1. The first-order chi connectivity index (χ1) is 21.3. The van der Waals surface area contributed by atoms with Gasteiger partial charge in [-0.25, -0.2) is 13.4 Å².